The van der Waals surface area contributed by atoms with Crippen molar-refractivity contribution in [2.24, 2.45) is 0 Å². The molecule has 36 heavy (non-hydrogen) atoms. The first kappa shape index (κ1) is 24.3. The largest absolute Gasteiger partial charge is 0.497 e. The number of hydrogen-bond acceptors (Lipinski definition) is 6. The van der Waals surface area contributed by atoms with Crippen molar-refractivity contribution in [3.63, 3.8) is 0 Å². The first-order valence-corrected chi connectivity index (χ1v) is 12.8. The van der Waals surface area contributed by atoms with Gasteiger partial charge >= 0.3 is 0 Å². The lowest BCUT2D eigenvalue weighted by Gasteiger charge is -2.36. The van der Waals surface area contributed by atoms with Crippen molar-refractivity contribution in [2.45, 2.75) is 44.4 Å². The number of carbonyl (C=O) groups is 3. The normalized spacial score (nSPS) is 17.8. The molecule has 1 N–H and O–H groups in total. The molecule has 0 aromatic heterocycles. The highest BCUT2D eigenvalue weighted by atomic mass is 79.9. The minimum absolute atomic E-state index is 0.0397. The highest BCUT2D eigenvalue weighted by Gasteiger charge is 2.41. The lowest BCUT2D eigenvalue weighted by atomic mass is 9.73. The van der Waals surface area contributed by atoms with E-state index in [1.54, 1.807) is 37.4 Å². The van der Waals surface area contributed by atoms with E-state index in [1.807, 2.05) is 12.1 Å². The summed E-state index contributed by atoms with van der Waals surface area (Å²) in [4.78, 5) is 38.3. The average Bonchev–Trinajstić information content (AvgIpc) is 2.87. The van der Waals surface area contributed by atoms with Gasteiger partial charge in [-0.15, -0.1) is 0 Å². The van der Waals surface area contributed by atoms with Gasteiger partial charge in [0.25, 0.3) is 5.91 Å². The van der Waals surface area contributed by atoms with Crippen LogP contribution in [0.15, 0.2) is 69.6 Å². The van der Waals surface area contributed by atoms with Crippen LogP contribution < -0.4 is 14.8 Å². The average molecular weight is 552 g/mol. The van der Waals surface area contributed by atoms with Gasteiger partial charge in [-0.1, -0.05) is 6.07 Å². The molecule has 0 atom stereocenters. The number of Topliss-reactive ketones (excluding diaryl/α,β-unsaturated/α-hetero) is 2. The maximum Gasteiger partial charge on any atom is 0.262 e. The van der Waals surface area contributed by atoms with Crippen LogP contribution in [0.1, 0.15) is 50.0 Å². The van der Waals surface area contributed by atoms with Crippen LogP contribution in [-0.4, -0.2) is 31.2 Å². The molecule has 1 amide bonds. The number of ether oxygens (including phenoxy) is 3. The van der Waals surface area contributed by atoms with Gasteiger partial charge in [-0.2, -0.15) is 0 Å². The van der Waals surface area contributed by atoms with Crippen LogP contribution >= 0.6 is 15.9 Å². The minimum atomic E-state index is -0.437. The standard InChI is InChI=1S/C28H26BrNO6/c1-34-18-11-9-17(10-12-18)30-25(33)15-35-22-13-8-16(14-19(22)29)26-27-20(31)4-2-6-23(27)36-24-7-3-5-21(32)28(24)26/h8-14,26H,2-7,15H2,1H3,(H,30,33). The smallest absolute Gasteiger partial charge is 0.262 e. The Labute approximate surface area is 217 Å². The zero-order chi connectivity index (χ0) is 25.2. The SMILES string of the molecule is COc1ccc(NC(=O)COc2ccc(C3C4=C(CCCC4=O)OC4=C3C(=O)CCC4)cc2Br)cc1. The van der Waals surface area contributed by atoms with E-state index in [9.17, 15) is 14.4 Å². The third-order valence-corrected chi connectivity index (χ3v) is 7.28. The van der Waals surface area contributed by atoms with Crippen molar-refractivity contribution in [3.8, 4) is 11.5 Å². The predicted octanol–water partition coefficient (Wildman–Crippen LogP) is 5.60. The number of rotatable bonds is 6. The fraction of sp³-hybridized carbons (Fsp3) is 0.321. The highest BCUT2D eigenvalue weighted by Crippen LogP contribution is 2.48. The fourth-order valence-corrected chi connectivity index (χ4v) is 5.49. The molecule has 1 heterocycles. The Balaban J connectivity index is 1.35. The molecule has 2 aromatic carbocycles. The molecule has 0 saturated carbocycles. The van der Waals surface area contributed by atoms with Crippen molar-refractivity contribution in [2.75, 3.05) is 19.0 Å². The number of amides is 1. The van der Waals surface area contributed by atoms with Crippen molar-refractivity contribution in [1.29, 1.82) is 0 Å². The molecule has 0 saturated heterocycles. The van der Waals surface area contributed by atoms with Gasteiger partial charge in [-0.25, -0.2) is 0 Å². The van der Waals surface area contributed by atoms with Gasteiger partial charge < -0.3 is 19.5 Å². The van der Waals surface area contributed by atoms with Crippen molar-refractivity contribution in [1.82, 2.24) is 0 Å². The summed E-state index contributed by atoms with van der Waals surface area (Å²) in [7, 11) is 1.58. The Bertz CT molecular complexity index is 1250. The van der Waals surface area contributed by atoms with E-state index in [1.165, 1.54) is 0 Å². The second-order valence-corrected chi connectivity index (χ2v) is 9.87. The second-order valence-electron chi connectivity index (χ2n) is 9.02. The number of ketones is 2. The zero-order valence-corrected chi connectivity index (χ0v) is 21.5. The van der Waals surface area contributed by atoms with Gasteiger partial charge in [0, 0.05) is 48.4 Å². The number of allylic oxidation sites excluding steroid dienone is 4. The molecule has 2 aliphatic carbocycles. The Morgan fingerprint density at radius 1 is 0.972 bits per heavy atom. The summed E-state index contributed by atoms with van der Waals surface area (Å²) in [5.41, 5.74) is 2.68. The molecule has 0 bridgehead atoms. The lowest BCUT2D eigenvalue weighted by molar-refractivity contribution is -0.119. The third-order valence-electron chi connectivity index (χ3n) is 6.66. The number of hydrogen-bond donors (Lipinski definition) is 1. The summed E-state index contributed by atoms with van der Waals surface area (Å²) in [6, 6.07) is 12.5. The molecule has 0 fully saturated rings. The van der Waals surface area contributed by atoms with E-state index < -0.39 is 5.92 Å². The zero-order valence-electron chi connectivity index (χ0n) is 19.9. The Kier molecular flexibility index (Phi) is 6.96. The number of anilines is 1. The second kappa shape index (κ2) is 10.3. The first-order chi connectivity index (χ1) is 17.4. The molecular formula is C28H26BrNO6. The van der Waals surface area contributed by atoms with Gasteiger partial charge in [0.05, 0.1) is 11.6 Å². The molecule has 0 spiro atoms. The summed E-state index contributed by atoms with van der Waals surface area (Å²) in [5, 5.41) is 2.78. The minimum Gasteiger partial charge on any atom is -0.497 e. The highest BCUT2D eigenvalue weighted by molar-refractivity contribution is 9.10. The van der Waals surface area contributed by atoms with Crippen molar-refractivity contribution < 1.29 is 28.6 Å². The Morgan fingerprint density at radius 2 is 1.61 bits per heavy atom. The van der Waals surface area contributed by atoms with Crippen LogP contribution in [0.4, 0.5) is 5.69 Å². The number of benzene rings is 2. The van der Waals surface area contributed by atoms with E-state index in [0.717, 1.165) is 18.4 Å². The van der Waals surface area contributed by atoms with E-state index in [4.69, 9.17) is 14.2 Å². The number of carbonyl (C=O) groups excluding carboxylic acids is 3. The summed E-state index contributed by atoms with van der Waals surface area (Å²) < 4.78 is 17.6. The van der Waals surface area contributed by atoms with Crippen LogP contribution in [0.25, 0.3) is 0 Å². The first-order valence-electron chi connectivity index (χ1n) is 12.0. The molecule has 7 nitrogen and oxygen atoms in total. The van der Waals surface area contributed by atoms with Crippen LogP contribution in [0.3, 0.4) is 0 Å². The third kappa shape index (κ3) is 4.82. The number of nitrogens with one attached hydrogen (secondary N) is 1. The molecule has 1 aliphatic heterocycles. The Morgan fingerprint density at radius 3 is 2.19 bits per heavy atom. The van der Waals surface area contributed by atoms with E-state index in [0.29, 0.717) is 70.0 Å². The monoisotopic (exact) mass is 551 g/mol. The molecule has 0 unspecified atom stereocenters. The molecule has 8 heteroatoms. The maximum atomic E-state index is 12.9. The molecule has 5 rings (SSSR count). The van der Waals surface area contributed by atoms with E-state index >= 15 is 0 Å². The molecule has 186 valence electrons. The van der Waals surface area contributed by atoms with E-state index in [2.05, 4.69) is 21.2 Å². The molecular weight excluding hydrogens is 526 g/mol. The van der Waals surface area contributed by atoms with Gasteiger partial charge in [-0.3, -0.25) is 14.4 Å². The number of methoxy groups -OCH3 is 1. The maximum absolute atomic E-state index is 12.9. The summed E-state index contributed by atoms with van der Waals surface area (Å²) >= 11 is 3.55. The van der Waals surface area contributed by atoms with Crippen molar-refractivity contribution >= 4 is 39.1 Å². The van der Waals surface area contributed by atoms with Crippen molar-refractivity contribution in [3.05, 3.63) is 75.2 Å². The quantitative estimate of drug-likeness (QED) is 0.502. The number of halogens is 1. The van der Waals surface area contributed by atoms with Crippen LogP contribution in [0.2, 0.25) is 0 Å². The topological polar surface area (TPSA) is 90.9 Å². The van der Waals surface area contributed by atoms with Crippen LogP contribution in [0.5, 0.6) is 11.5 Å². The van der Waals surface area contributed by atoms with Gasteiger partial charge in [0.15, 0.2) is 18.2 Å². The fourth-order valence-electron chi connectivity index (χ4n) is 4.98. The van der Waals surface area contributed by atoms with E-state index in [-0.39, 0.29) is 24.1 Å². The molecule has 3 aliphatic rings. The lowest BCUT2D eigenvalue weighted by Crippen LogP contribution is -2.30. The summed E-state index contributed by atoms with van der Waals surface area (Å²) in [6.45, 7) is -0.178. The summed E-state index contributed by atoms with van der Waals surface area (Å²) in [5.74, 6) is 1.94. The van der Waals surface area contributed by atoms with Gasteiger partial charge in [0.2, 0.25) is 0 Å². The Hall–Kier alpha value is -3.39. The molecule has 0 radical (unpaired) electrons. The summed E-state index contributed by atoms with van der Waals surface area (Å²) in [6.07, 6.45) is 3.84. The van der Waals surface area contributed by atoms with Gasteiger partial charge in [-0.05, 0) is 70.7 Å². The van der Waals surface area contributed by atoms with Crippen LogP contribution in [0, 0.1) is 0 Å². The van der Waals surface area contributed by atoms with Gasteiger partial charge in [0.1, 0.15) is 23.0 Å². The van der Waals surface area contributed by atoms with Crippen LogP contribution in [-0.2, 0) is 19.1 Å². The molecule has 2 aromatic rings. The predicted molar refractivity (Wildman–Crippen MR) is 137 cm³/mol.